The lowest BCUT2D eigenvalue weighted by Crippen LogP contribution is -2.24. The van der Waals surface area contributed by atoms with Crippen LogP contribution in [-0.4, -0.2) is 13.2 Å². The number of hydrogen-bond acceptors (Lipinski definition) is 2. The fourth-order valence-electron chi connectivity index (χ4n) is 3.09. The molecule has 0 amide bonds. The van der Waals surface area contributed by atoms with Crippen LogP contribution in [0.3, 0.4) is 0 Å². The number of para-hydroxylation sites is 1. The third-order valence-electron chi connectivity index (χ3n) is 4.29. The van der Waals surface area contributed by atoms with Crippen molar-refractivity contribution in [3.8, 4) is 5.75 Å². The predicted octanol–water partition coefficient (Wildman–Crippen LogP) is 3.32. The van der Waals surface area contributed by atoms with E-state index in [9.17, 15) is 0 Å². The molecule has 0 saturated heterocycles. The van der Waals surface area contributed by atoms with E-state index in [1.807, 2.05) is 0 Å². The summed E-state index contributed by atoms with van der Waals surface area (Å²) in [6.07, 6.45) is 3.61. The number of hydrogen-bond donors (Lipinski definition) is 1. The van der Waals surface area contributed by atoms with Gasteiger partial charge in [0.15, 0.2) is 0 Å². The fraction of sp³-hybridized carbons (Fsp3) is 0.625. The van der Waals surface area contributed by atoms with Gasteiger partial charge in [-0.25, -0.2) is 0 Å². The molecule has 1 aromatic carbocycles. The predicted molar refractivity (Wildman–Crippen MR) is 73.9 cm³/mol. The van der Waals surface area contributed by atoms with Crippen LogP contribution in [0.15, 0.2) is 18.2 Å². The Morgan fingerprint density at radius 3 is 3.00 bits per heavy atom. The van der Waals surface area contributed by atoms with E-state index in [0.29, 0.717) is 6.04 Å². The molecule has 98 valence electrons. The first kappa shape index (κ1) is 12.0. The van der Waals surface area contributed by atoms with Crippen LogP contribution in [0.25, 0.3) is 0 Å². The van der Waals surface area contributed by atoms with Gasteiger partial charge in [-0.05, 0) is 36.8 Å². The van der Waals surface area contributed by atoms with Crippen molar-refractivity contribution in [2.75, 3.05) is 13.2 Å². The zero-order chi connectivity index (χ0) is 12.5. The Balaban J connectivity index is 1.87. The first-order chi connectivity index (χ1) is 8.81. The number of rotatable bonds is 5. The Hall–Kier alpha value is -1.02. The topological polar surface area (TPSA) is 21.3 Å². The first-order valence-corrected chi connectivity index (χ1v) is 7.29. The molecule has 2 heteroatoms. The van der Waals surface area contributed by atoms with Crippen molar-refractivity contribution in [3.05, 3.63) is 29.3 Å². The number of nitrogens with one attached hydrogen (secondary N) is 1. The van der Waals surface area contributed by atoms with Gasteiger partial charge >= 0.3 is 0 Å². The quantitative estimate of drug-likeness (QED) is 0.859. The van der Waals surface area contributed by atoms with Crippen LogP contribution in [-0.2, 0) is 6.42 Å². The van der Waals surface area contributed by atoms with Gasteiger partial charge in [-0.15, -0.1) is 0 Å². The summed E-state index contributed by atoms with van der Waals surface area (Å²) in [6, 6.07) is 7.14. The van der Waals surface area contributed by atoms with Gasteiger partial charge in [-0.1, -0.05) is 32.0 Å². The number of ether oxygens (including phenoxy) is 1. The number of fused-ring (bicyclic) bond motifs is 1. The van der Waals surface area contributed by atoms with E-state index in [1.165, 1.54) is 29.7 Å². The Bertz CT molecular complexity index is 429. The Morgan fingerprint density at radius 1 is 1.44 bits per heavy atom. The molecule has 0 radical (unpaired) electrons. The molecule has 1 saturated carbocycles. The van der Waals surface area contributed by atoms with E-state index in [2.05, 4.69) is 37.4 Å². The maximum Gasteiger partial charge on any atom is 0.127 e. The minimum atomic E-state index is 0.494. The first-order valence-electron chi connectivity index (χ1n) is 7.29. The molecular weight excluding hydrogens is 222 g/mol. The number of benzene rings is 1. The van der Waals surface area contributed by atoms with Gasteiger partial charge in [0.1, 0.15) is 5.75 Å². The third kappa shape index (κ3) is 2.14. The minimum absolute atomic E-state index is 0.494. The highest BCUT2D eigenvalue weighted by Gasteiger charge is 2.41. The summed E-state index contributed by atoms with van der Waals surface area (Å²) in [7, 11) is 0. The van der Waals surface area contributed by atoms with E-state index in [-0.39, 0.29) is 0 Å². The van der Waals surface area contributed by atoms with Crippen LogP contribution in [0.5, 0.6) is 5.75 Å². The molecule has 2 aliphatic rings. The average Bonchev–Trinajstić information content (AvgIpc) is 2.92. The summed E-state index contributed by atoms with van der Waals surface area (Å²) < 4.78 is 5.86. The van der Waals surface area contributed by atoms with Gasteiger partial charge in [0.05, 0.1) is 6.61 Å². The van der Waals surface area contributed by atoms with Crippen molar-refractivity contribution in [2.24, 2.45) is 11.8 Å². The summed E-state index contributed by atoms with van der Waals surface area (Å²) in [4.78, 5) is 0. The summed E-state index contributed by atoms with van der Waals surface area (Å²) in [5, 5.41) is 3.73. The Labute approximate surface area is 110 Å². The van der Waals surface area contributed by atoms with Crippen LogP contribution in [0.1, 0.15) is 43.9 Å². The van der Waals surface area contributed by atoms with E-state index < -0.39 is 0 Å². The maximum absolute atomic E-state index is 5.86. The van der Waals surface area contributed by atoms with Crippen LogP contribution in [0.2, 0.25) is 0 Å². The van der Waals surface area contributed by atoms with Crippen LogP contribution >= 0.6 is 0 Å². The Morgan fingerprint density at radius 2 is 2.28 bits per heavy atom. The second-order valence-electron chi connectivity index (χ2n) is 5.74. The standard InChI is InChI=1S/C16H23NO/c1-3-8-17-15(14-10-11(14)2)13-6-4-5-12-7-9-18-16(12)13/h4-6,11,14-15,17H,3,7-10H2,1-2H3. The van der Waals surface area contributed by atoms with Crippen LogP contribution in [0.4, 0.5) is 0 Å². The molecule has 1 heterocycles. The molecule has 1 N–H and O–H groups in total. The molecule has 1 aliphatic carbocycles. The highest BCUT2D eigenvalue weighted by atomic mass is 16.5. The van der Waals surface area contributed by atoms with E-state index in [4.69, 9.17) is 4.74 Å². The highest BCUT2D eigenvalue weighted by molar-refractivity contribution is 5.46. The van der Waals surface area contributed by atoms with Crippen LogP contribution in [0, 0.1) is 11.8 Å². The smallest absolute Gasteiger partial charge is 0.127 e. The lowest BCUT2D eigenvalue weighted by atomic mass is 9.97. The van der Waals surface area contributed by atoms with Gasteiger partial charge in [0.2, 0.25) is 0 Å². The van der Waals surface area contributed by atoms with Crippen molar-refractivity contribution in [1.82, 2.24) is 5.32 Å². The van der Waals surface area contributed by atoms with E-state index in [0.717, 1.165) is 31.4 Å². The maximum atomic E-state index is 5.86. The molecule has 0 aromatic heterocycles. The van der Waals surface area contributed by atoms with Gasteiger partial charge < -0.3 is 10.1 Å². The summed E-state index contributed by atoms with van der Waals surface area (Å²) in [6.45, 7) is 6.53. The van der Waals surface area contributed by atoms with E-state index >= 15 is 0 Å². The molecule has 1 aliphatic heterocycles. The normalized spacial score (nSPS) is 26.6. The average molecular weight is 245 g/mol. The van der Waals surface area contributed by atoms with Crippen molar-refractivity contribution >= 4 is 0 Å². The summed E-state index contributed by atoms with van der Waals surface area (Å²) in [5.74, 6) is 2.83. The largest absolute Gasteiger partial charge is 0.493 e. The monoisotopic (exact) mass is 245 g/mol. The summed E-state index contributed by atoms with van der Waals surface area (Å²) in [5.41, 5.74) is 2.79. The van der Waals surface area contributed by atoms with Crippen molar-refractivity contribution in [3.63, 3.8) is 0 Å². The molecule has 1 aromatic rings. The molecule has 0 spiro atoms. The molecule has 2 nitrogen and oxygen atoms in total. The van der Waals surface area contributed by atoms with Gasteiger partial charge in [0.25, 0.3) is 0 Å². The third-order valence-corrected chi connectivity index (χ3v) is 4.29. The molecule has 3 rings (SSSR count). The van der Waals surface area contributed by atoms with Crippen LogP contribution < -0.4 is 10.1 Å². The van der Waals surface area contributed by atoms with Crippen molar-refractivity contribution < 1.29 is 4.74 Å². The van der Waals surface area contributed by atoms with Crippen molar-refractivity contribution in [1.29, 1.82) is 0 Å². The van der Waals surface area contributed by atoms with E-state index in [1.54, 1.807) is 0 Å². The molecule has 18 heavy (non-hydrogen) atoms. The molecule has 3 atom stereocenters. The minimum Gasteiger partial charge on any atom is -0.493 e. The molecular formula is C16H23NO. The lowest BCUT2D eigenvalue weighted by molar-refractivity contribution is 0.344. The summed E-state index contributed by atoms with van der Waals surface area (Å²) >= 11 is 0. The van der Waals surface area contributed by atoms with Gasteiger partial charge in [-0.2, -0.15) is 0 Å². The van der Waals surface area contributed by atoms with Crippen molar-refractivity contribution in [2.45, 2.75) is 39.2 Å². The Kier molecular flexibility index (Phi) is 3.29. The second kappa shape index (κ2) is 4.93. The fourth-order valence-corrected chi connectivity index (χ4v) is 3.09. The molecule has 1 fully saturated rings. The second-order valence-corrected chi connectivity index (χ2v) is 5.74. The zero-order valence-corrected chi connectivity index (χ0v) is 11.4. The zero-order valence-electron chi connectivity index (χ0n) is 11.4. The lowest BCUT2D eigenvalue weighted by Gasteiger charge is -2.21. The van der Waals surface area contributed by atoms with Gasteiger partial charge in [0, 0.05) is 18.0 Å². The highest BCUT2D eigenvalue weighted by Crippen LogP contribution is 2.49. The molecule has 0 bridgehead atoms. The SMILES string of the molecule is CCCNC(c1cccc2c1OCC2)C1CC1C. The molecule has 3 unspecified atom stereocenters. The van der Waals surface area contributed by atoms with Gasteiger partial charge in [-0.3, -0.25) is 0 Å².